The van der Waals surface area contributed by atoms with E-state index in [1.807, 2.05) is 6.92 Å². The van der Waals surface area contributed by atoms with Crippen LogP contribution in [0.15, 0.2) is 0 Å². The molecule has 0 aromatic carbocycles. The molecule has 2 atom stereocenters. The van der Waals surface area contributed by atoms with E-state index in [0.29, 0.717) is 38.1 Å². The van der Waals surface area contributed by atoms with Crippen LogP contribution < -0.4 is 5.09 Å². The summed E-state index contributed by atoms with van der Waals surface area (Å²) in [7, 11) is -2.80. The predicted octanol–water partition coefficient (Wildman–Crippen LogP) is 1.81. The molecule has 103 valence electrons. The zero-order valence-electron chi connectivity index (χ0n) is 9.94. The van der Waals surface area contributed by atoms with Crippen molar-refractivity contribution in [2.75, 3.05) is 38.1 Å². The van der Waals surface area contributed by atoms with Crippen LogP contribution in [0.4, 0.5) is 0 Å². The van der Waals surface area contributed by atoms with Crippen LogP contribution >= 0.6 is 31.2 Å². The maximum Gasteiger partial charge on any atom is 0.246 e. The highest BCUT2D eigenvalue weighted by molar-refractivity contribution is 7.61. The van der Waals surface area contributed by atoms with E-state index in [9.17, 15) is 4.89 Å². The third-order valence-electron chi connectivity index (χ3n) is 2.40. The monoisotopic (exact) mass is 305 g/mol. The van der Waals surface area contributed by atoms with Crippen LogP contribution in [0.1, 0.15) is 13.3 Å². The molecular weight excluding hydrogens is 286 g/mol. The molecule has 1 aliphatic heterocycles. The lowest BCUT2D eigenvalue weighted by atomic mass is 10.4. The fourth-order valence-electron chi connectivity index (χ4n) is 1.64. The normalized spacial score (nSPS) is 29.8. The lowest BCUT2D eigenvalue weighted by Crippen LogP contribution is -2.45. The summed E-state index contributed by atoms with van der Waals surface area (Å²) < 4.78 is 12.7. The highest BCUT2D eigenvalue weighted by Gasteiger charge is 2.39. The highest BCUT2D eigenvalue weighted by atomic mass is 35.5. The molecule has 2 unspecified atom stereocenters. The number of hydrogen-bond donors (Lipinski definition) is 2. The highest BCUT2D eigenvalue weighted by Crippen LogP contribution is 2.57. The molecule has 0 amide bonds. The van der Waals surface area contributed by atoms with E-state index in [1.165, 1.54) is 0 Å². The Morgan fingerprint density at radius 3 is 2.65 bits per heavy atom. The summed E-state index contributed by atoms with van der Waals surface area (Å²) in [6.07, 6.45) is 0.561. The maximum absolute atomic E-state index is 10.5. The molecule has 0 aliphatic carbocycles. The molecule has 1 aliphatic rings. The van der Waals surface area contributed by atoms with Crippen molar-refractivity contribution in [2.24, 2.45) is 0 Å². The van der Waals surface area contributed by atoms with Crippen molar-refractivity contribution in [1.82, 2.24) is 9.76 Å². The van der Waals surface area contributed by atoms with Crippen LogP contribution in [0.3, 0.4) is 0 Å². The fraction of sp³-hybridized carbons (Fsp3) is 1.00. The zero-order valence-corrected chi connectivity index (χ0v) is 12.3. The van der Waals surface area contributed by atoms with Gasteiger partial charge in [0.15, 0.2) is 0 Å². The Hall–Kier alpha value is 0.810. The number of hydrogen-bond acceptors (Lipinski definition) is 5. The standard InChI is InChI=1S/C9H20Cl2N2O3P/c1-2-15-9-3-8-16-17(14,12-9)13(6-4-10)7-5-11/h9,12,14H,2-8H2,1H3. The van der Waals surface area contributed by atoms with Crippen LogP contribution in [0.2, 0.25) is 0 Å². The first-order valence-corrected chi connectivity index (χ1v) is 8.37. The van der Waals surface area contributed by atoms with Gasteiger partial charge in [-0.1, -0.05) is 0 Å². The summed E-state index contributed by atoms with van der Waals surface area (Å²) in [6, 6.07) is 0. The minimum absolute atomic E-state index is 0.166. The SMILES string of the molecule is CCOC1CCO[P](O)(N(CCCl)CCCl)N1. The Balaban J connectivity index is 2.61. The molecule has 1 saturated heterocycles. The Kier molecular flexibility index (Phi) is 7.54. The molecule has 1 radical (unpaired) electrons. The Labute approximate surface area is 113 Å². The van der Waals surface area contributed by atoms with Crippen molar-refractivity contribution in [3.63, 3.8) is 0 Å². The molecule has 0 aromatic rings. The average molecular weight is 306 g/mol. The lowest BCUT2D eigenvalue weighted by molar-refractivity contribution is 0.0116. The summed E-state index contributed by atoms with van der Waals surface area (Å²) in [5.41, 5.74) is 0. The van der Waals surface area contributed by atoms with Crippen molar-refractivity contribution in [3.05, 3.63) is 0 Å². The van der Waals surface area contributed by atoms with Gasteiger partial charge in [-0.05, 0) is 6.92 Å². The number of nitrogens with one attached hydrogen (secondary N) is 1. The minimum Gasteiger partial charge on any atom is -0.363 e. The second-order valence-corrected chi connectivity index (χ2v) is 6.50. The number of nitrogens with zero attached hydrogens (tertiary/aromatic N) is 1. The van der Waals surface area contributed by atoms with Crippen molar-refractivity contribution >= 4 is 31.2 Å². The number of rotatable bonds is 7. The number of alkyl halides is 2. The first-order valence-electron chi connectivity index (χ1n) is 5.69. The van der Waals surface area contributed by atoms with Crippen LogP contribution in [-0.4, -0.2) is 53.9 Å². The molecule has 2 N–H and O–H groups in total. The van der Waals surface area contributed by atoms with Crippen LogP contribution in [0.25, 0.3) is 0 Å². The van der Waals surface area contributed by atoms with Crippen molar-refractivity contribution in [1.29, 1.82) is 0 Å². The first kappa shape index (κ1) is 15.9. The van der Waals surface area contributed by atoms with Gasteiger partial charge in [-0.25, -0.2) is 9.76 Å². The van der Waals surface area contributed by atoms with Gasteiger partial charge < -0.3 is 14.2 Å². The van der Waals surface area contributed by atoms with Gasteiger partial charge in [0, 0.05) is 37.9 Å². The molecule has 1 heterocycles. The van der Waals surface area contributed by atoms with Crippen LogP contribution in [0, 0.1) is 0 Å². The second-order valence-electron chi connectivity index (χ2n) is 3.57. The molecule has 0 aromatic heterocycles. The summed E-state index contributed by atoms with van der Waals surface area (Å²) in [5.74, 6) is 0.840. The summed E-state index contributed by atoms with van der Waals surface area (Å²) >= 11 is 11.4. The Morgan fingerprint density at radius 1 is 1.47 bits per heavy atom. The van der Waals surface area contributed by atoms with Crippen LogP contribution in [0.5, 0.6) is 0 Å². The second kappa shape index (κ2) is 8.08. The molecule has 8 heteroatoms. The predicted molar refractivity (Wildman–Crippen MR) is 71.3 cm³/mol. The third-order valence-corrected chi connectivity index (χ3v) is 5.07. The van der Waals surface area contributed by atoms with E-state index >= 15 is 0 Å². The molecule has 1 fully saturated rings. The van der Waals surface area contributed by atoms with Gasteiger partial charge in [0.1, 0.15) is 6.23 Å². The quantitative estimate of drug-likeness (QED) is 0.555. The first-order chi connectivity index (χ1) is 8.16. The van der Waals surface area contributed by atoms with Gasteiger partial charge in [-0.15, -0.1) is 23.2 Å². The van der Waals surface area contributed by atoms with E-state index in [-0.39, 0.29) is 6.23 Å². The topological polar surface area (TPSA) is 54.0 Å². The molecule has 17 heavy (non-hydrogen) atoms. The van der Waals surface area contributed by atoms with Gasteiger partial charge in [-0.2, -0.15) is 0 Å². The smallest absolute Gasteiger partial charge is 0.246 e. The minimum atomic E-state index is -2.80. The van der Waals surface area contributed by atoms with E-state index in [4.69, 9.17) is 32.5 Å². The third kappa shape index (κ3) is 4.77. The van der Waals surface area contributed by atoms with E-state index < -0.39 is 8.02 Å². The van der Waals surface area contributed by atoms with Gasteiger partial charge in [0.2, 0.25) is 8.02 Å². The fourth-order valence-corrected chi connectivity index (χ4v) is 4.37. The lowest BCUT2D eigenvalue weighted by Gasteiger charge is -2.44. The molecular formula is C9H20Cl2N2O3P. The Morgan fingerprint density at radius 2 is 2.12 bits per heavy atom. The molecule has 1 rings (SSSR count). The van der Waals surface area contributed by atoms with Crippen molar-refractivity contribution in [3.8, 4) is 0 Å². The van der Waals surface area contributed by atoms with Gasteiger partial charge in [0.05, 0.1) is 6.61 Å². The largest absolute Gasteiger partial charge is 0.363 e. The summed E-state index contributed by atoms with van der Waals surface area (Å²) in [5, 5.41) is 3.03. The van der Waals surface area contributed by atoms with Crippen molar-refractivity contribution in [2.45, 2.75) is 19.6 Å². The summed E-state index contributed by atoms with van der Waals surface area (Å²) in [6.45, 7) is 4.06. The molecule has 0 saturated carbocycles. The Bertz CT molecular complexity index is 220. The summed E-state index contributed by atoms with van der Waals surface area (Å²) in [4.78, 5) is 10.5. The van der Waals surface area contributed by atoms with Gasteiger partial charge in [-0.3, -0.25) is 0 Å². The van der Waals surface area contributed by atoms with E-state index in [0.717, 1.165) is 6.42 Å². The number of ether oxygens (including phenoxy) is 1. The van der Waals surface area contributed by atoms with E-state index in [1.54, 1.807) is 4.67 Å². The average Bonchev–Trinajstić information content (AvgIpc) is 2.29. The maximum atomic E-state index is 10.5. The zero-order chi connectivity index (χ0) is 12.7. The molecule has 0 spiro atoms. The molecule has 5 nitrogen and oxygen atoms in total. The van der Waals surface area contributed by atoms with E-state index in [2.05, 4.69) is 5.09 Å². The van der Waals surface area contributed by atoms with Crippen LogP contribution in [-0.2, 0) is 9.26 Å². The van der Waals surface area contributed by atoms with Gasteiger partial charge >= 0.3 is 0 Å². The van der Waals surface area contributed by atoms with Gasteiger partial charge in [0.25, 0.3) is 0 Å². The van der Waals surface area contributed by atoms with Crippen molar-refractivity contribution < 1.29 is 14.2 Å². The molecule has 0 bridgehead atoms. The number of halogens is 2.